The number of aryl methyl sites for hydroxylation is 1. The fourth-order valence-corrected chi connectivity index (χ4v) is 4.13. The first kappa shape index (κ1) is 24.8. The molecule has 0 radical (unpaired) electrons. The van der Waals surface area contributed by atoms with Crippen molar-refractivity contribution in [3.63, 3.8) is 0 Å². The Hall–Kier alpha value is -3.29. The summed E-state index contributed by atoms with van der Waals surface area (Å²) in [5, 5.41) is 43.6. The largest absolute Gasteiger partial charge is 0.405 e. The van der Waals surface area contributed by atoms with Gasteiger partial charge in [-0.1, -0.05) is 35.5 Å². The van der Waals surface area contributed by atoms with Gasteiger partial charge in [0, 0.05) is 12.5 Å². The molecule has 2 heterocycles. The normalized spacial score (nSPS) is 22.4. The van der Waals surface area contributed by atoms with Crippen molar-refractivity contribution in [2.75, 3.05) is 23.8 Å². The van der Waals surface area contributed by atoms with Crippen molar-refractivity contribution >= 4 is 11.8 Å². The van der Waals surface area contributed by atoms with Gasteiger partial charge in [-0.3, -0.25) is 0 Å². The third kappa shape index (κ3) is 5.86. The molecular weight excluding hydrogens is 467 g/mol. The summed E-state index contributed by atoms with van der Waals surface area (Å²) in [6, 6.07) is 8.88. The van der Waals surface area contributed by atoms with Gasteiger partial charge in [-0.15, -0.1) is 5.10 Å². The summed E-state index contributed by atoms with van der Waals surface area (Å²) >= 11 is 0. The highest BCUT2D eigenvalue weighted by molar-refractivity contribution is 5.75. The van der Waals surface area contributed by atoms with E-state index >= 15 is 0 Å². The number of nitrogens with one attached hydrogen (secondary N) is 2. The Balaban J connectivity index is 1.66. The zero-order chi connectivity index (χ0) is 25.2. The van der Waals surface area contributed by atoms with Gasteiger partial charge in [0.1, 0.15) is 24.2 Å². The Morgan fingerprint density at radius 2 is 1.86 bits per heavy atom. The molecule has 1 aromatic carbocycles. The number of hydrogen-bond donors (Lipinski definition) is 5. The van der Waals surface area contributed by atoms with Gasteiger partial charge in [-0.25, -0.2) is 9.67 Å². The minimum atomic E-state index is -4.47. The number of rotatable bonds is 8. The molecule has 1 fully saturated rings. The third-order valence-corrected chi connectivity index (χ3v) is 5.88. The first-order valence-corrected chi connectivity index (χ1v) is 11.0. The lowest BCUT2D eigenvalue weighted by atomic mass is 10.1. The van der Waals surface area contributed by atoms with Crippen molar-refractivity contribution in [1.29, 1.82) is 0 Å². The number of anilines is 2. The standard InChI is InChI=1S/C22H26F3N7O3/c1-12-17(16-9-32(31-30-16)8-13-5-3-2-4-6-13)20(29-21(27-12)26-11-22(23,24)25)28-15-7-14(10-33)18(34)19(15)35/h2-6,9,14-15,18-19,33-35H,7-8,10-11H2,1H3,(H2,26,27,28,29)/t14-,15-,18-,19+/m1/s1. The Labute approximate surface area is 198 Å². The third-order valence-electron chi connectivity index (χ3n) is 5.88. The van der Waals surface area contributed by atoms with Gasteiger partial charge in [0.25, 0.3) is 0 Å². The van der Waals surface area contributed by atoms with E-state index in [0.717, 1.165) is 5.56 Å². The summed E-state index contributed by atoms with van der Waals surface area (Å²) in [6.45, 7) is 0.412. The molecule has 1 aliphatic carbocycles. The average molecular weight is 493 g/mol. The van der Waals surface area contributed by atoms with E-state index in [1.807, 2.05) is 30.3 Å². The van der Waals surface area contributed by atoms with Crippen molar-refractivity contribution in [1.82, 2.24) is 25.0 Å². The lowest BCUT2D eigenvalue weighted by molar-refractivity contribution is -0.115. The van der Waals surface area contributed by atoms with E-state index < -0.39 is 36.9 Å². The fraction of sp³-hybridized carbons (Fsp3) is 0.455. The van der Waals surface area contributed by atoms with E-state index in [-0.39, 0.29) is 24.8 Å². The van der Waals surface area contributed by atoms with Crippen molar-refractivity contribution in [2.24, 2.45) is 5.92 Å². The Kier molecular flexibility index (Phi) is 7.19. The molecule has 0 saturated heterocycles. The van der Waals surface area contributed by atoms with Crippen molar-refractivity contribution in [2.45, 2.75) is 44.3 Å². The van der Waals surface area contributed by atoms with Crippen LogP contribution in [0.5, 0.6) is 0 Å². The first-order valence-electron chi connectivity index (χ1n) is 11.0. The maximum atomic E-state index is 12.7. The fourth-order valence-electron chi connectivity index (χ4n) is 4.13. The predicted octanol–water partition coefficient (Wildman–Crippen LogP) is 1.58. The monoisotopic (exact) mass is 493 g/mol. The molecule has 1 aliphatic rings. The summed E-state index contributed by atoms with van der Waals surface area (Å²) in [7, 11) is 0. The van der Waals surface area contributed by atoms with Crippen molar-refractivity contribution in [3.05, 3.63) is 47.8 Å². The number of halogens is 3. The summed E-state index contributed by atoms with van der Waals surface area (Å²) in [5.74, 6) is -0.679. The second-order valence-electron chi connectivity index (χ2n) is 8.52. The van der Waals surface area contributed by atoms with Crippen LogP contribution in [0.1, 0.15) is 17.7 Å². The molecule has 2 aromatic heterocycles. The predicted molar refractivity (Wildman–Crippen MR) is 120 cm³/mol. The molecule has 0 spiro atoms. The molecule has 1 saturated carbocycles. The SMILES string of the molecule is Cc1nc(NCC(F)(F)F)nc(N[C@@H]2C[C@H](CO)[C@@H](O)[C@H]2O)c1-c1cn(Cc2ccccc2)nn1. The first-order chi connectivity index (χ1) is 16.6. The highest BCUT2D eigenvalue weighted by Crippen LogP contribution is 2.34. The minimum absolute atomic E-state index is 0.128. The Morgan fingerprint density at radius 3 is 2.51 bits per heavy atom. The van der Waals surface area contributed by atoms with Crippen LogP contribution in [0.4, 0.5) is 24.9 Å². The smallest absolute Gasteiger partial charge is 0.396 e. The molecule has 0 bridgehead atoms. The molecular formula is C22H26F3N7O3. The van der Waals surface area contributed by atoms with Gasteiger partial charge in [0.15, 0.2) is 0 Å². The van der Waals surface area contributed by atoms with Crippen molar-refractivity contribution < 1.29 is 28.5 Å². The number of hydrogen-bond acceptors (Lipinski definition) is 9. The van der Waals surface area contributed by atoms with Crippen LogP contribution in [0.25, 0.3) is 11.3 Å². The number of nitrogens with zero attached hydrogens (tertiary/aromatic N) is 5. The van der Waals surface area contributed by atoms with Crippen LogP contribution in [0.2, 0.25) is 0 Å². The molecule has 4 rings (SSSR count). The summed E-state index contributed by atoms with van der Waals surface area (Å²) in [5.41, 5.74) is 2.12. The van der Waals surface area contributed by atoms with E-state index in [9.17, 15) is 28.5 Å². The van der Waals surface area contributed by atoms with E-state index in [1.165, 1.54) is 0 Å². The zero-order valence-corrected chi connectivity index (χ0v) is 18.8. The lowest BCUT2D eigenvalue weighted by Gasteiger charge is -2.21. The second kappa shape index (κ2) is 10.1. The molecule has 0 aliphatic heterocycles. The molecule has 5 N–H and O–H groups in total. The van der Waals surface area contributed by atoms with Crippen LogP contribution >= 0.6 is 0 Å². The molecule has 35 heavy (non-hydrogen) atoms. The number of benzene rings is 1. The highest BCUT2D eigenvalue weighted by Gasteiger charge is 2.41. The van der Waals surface area contributed by atoms with Gasteiger partial charge >= 0.3 is 6.18 Å². The number of alkyl halides is 3. The van der Waals surface area contributed by atoms with E-state index in [4.69, 9.17) is 0 Å². The molecule has 0 unspecified atom stereocenters. The Morgan fingerprint density at radius 1 is 1.11 bits per heavy atom. The molecule has 188 valence electrons. The quantitative estimate of drug-likeness (QED) is 0.316. The van der Waals surface area contributed by atoms with Crippen LogP contribution < -0.4 is 10.6 Å². The highest BCUT2D eigenvalue weighted by atomic mass is 19.4. The zero-order valence-electron chi connectivity index (χ0n) is 18.8. The van der Waals surface area contributed by atoms with E-state index in [2.05, 4.69) is 30.9 Å². The van der Waals surface area contributed by atoms with Crippen LogP contribution in [0.3, 0.4) is 0 Å². The topological polar surface area (TPSA) is 141 Å². The van der Waals surface area contributed by atoms with Crippen molar-refractivity contribution in [3.8, 4) is 11.3 Å². The lowest BCUT2D eigenvalue weighted by Crippen LogP contribution is -2.36. The maximum Gasteiger partial charge on any atom is 0.405 e. The Bertz CT molecular complexity index is 1140. The number of aliphatic hydroxyl groups excluding tert-OH is 3. The summed E-state index contributed by atoms with van der Waals surface area (Å²) in [6.07, 6.45) is -4.94. The minimum Gasteiger partial charge on any atom is -0.396 e. The summed E-state index contributed by atoms with van der Waals surface area (Å²) < 4.78 is 39.8. The van der Waals surface area contributed by atoms with Crippen LogP contribution in [-0.2, 0) is 6.54 Å². The average Bonchev–Trinajstić information content (AvgIpc) is 3.37. The van der Waals surface area contributed by atoms with Gasteiger partial charge < -0.3 is 26.0 Å². The van der Waals surface area contributed by atoms with Crippen LogP contribution in [-0.4, -0.2) is 77.9 Å². The second-order valence-corrected chi connectivity index (χ2v) is 8.52. The van der Waals surface area contributed by atoms with Gasteiger partial charge in [0.05, 0.1) is 36.1 Å². The van der Waals surface area contributed by atoms with Crippen LogP contribution in [0, 0.1) is 12.8 Å². The maximum absolute atomic E-state index is 12.7. The number of aromatic nitrogens is 5. The van der Waals surface area contributed by atoms with Gasteiger partial charge in [0.2, 0.25) is 5.95 Å². The van der Waals surface area contributed by atoms with E-state index in [1.54, 1.807) is 17.8 Å². The molecule has 4 atom stereocenters. The van der Waals surface area contributed by atoms with E-state index in [0.29, 0.717) is 23.5 Å². The molecule has 10 nitrogen and oxygen atoms in total. The molecule has 13 heteroatoms. The molecule has 0 amide bonds. The number of aliphatic hydroxyl groups is 3. The van der Waals surface area contributed by atoms with Crippen LogP contribution in [0.15, 0.2) is 36.5 Å². The summed E-state index contributed by atoms with van der Waals surface area (Å²) in [4.78, 5) is 8.37. The van der Waals surface area contributed by atoms with Gasteiger partial charge in [-0.05, 0) is 18.9 Å². The van der Waals surface area contributed by atoms with Gasteiger partial charge in [-0.2, -0.15) is 18.2 Å². The molecule has 3 aromatic rings.